The van der Waals surface area contributed by atoms with Gasteiger partial charge in [-0.05, 0) is 50.6 Å². The topological polar surface area (TPSA) is 32.3 Å². The summed E-state index contributed by atoms with van der Waals surface area (Å²) in [6, 6.07) is 11.9. The summed E-state index contributed by atoms with van der Waals surface area (Å²) < 4.78 is 26.2. The second kappa shape index (κ2) is 7.74. The molecule has 0 bridgehead atoms. The maximum atomic E-state index is 13.2. The van der Waals surface area contributed by atoms with Crippen molar-refractivity contribution in [3.63, 3.8) is 0 Å². The van der Waals surface area contributed by atoms with Gasteiger partial charge in [-0.25, -0.2) is 8.78 Å². The standard InChI is InChI=1S/C20H22F2N2O/c1-14-3-2-4-15(11-14)13-24-9-7-16(8-10-24)20(25)23-17-5-6-18(21)19(22)12-17/h2-6,11-12,16H,7-10,13H2,1H3,(H,23,25). The highest BCUT2D eigenvalue weighted by atomic mass is 19.2. The van der Waals surface area contributed by atoms with Crippen LogP contribution in [0.2, 0.25) is 0 Å². The lowest BCUT2D eigenvalue weighted by Crippen LogP contribution is -2.37. The molecule has 132 valence electrons. The number of piperidine rings is 1. The fourth-order valence-electron chi connectivity index (χ4n) is 3.24. The molecule has 0 aliphatic carbocycles. The van der Waals surface area contributed by atoms with E-state index in [4.69, 9.17) is 0 Å². The van der Waals surface area contributed by atoms with E-state index in [1.54, 1.807) is 0 Å². The molecule has 1 saturated heterocycles. The van der Waals surface area contributed by atoms with Crippen molar-refractivity contribution in [3.8, 4) is 0 Å². The summed E-state index contributed by atoms with van der Waals surface area (Å²) in [5, 5.41) is 2.69. The number of nitrogens with zero attached hydrogens (tertiary/aromatic N) is 1. The van der Waals surface area contributed by atoms with Crippen molar-refractivity contribution in [3.05, 3.63) is 65.2 Å². The summed E-state index contributed by atoms with van der Waals surface area (Å²) >= 11 is 0. The number of aryl methyl sites for hydroxylation is 1. The van der Waals surface area contributed by atoms with Gasteiger partial charge in [-0.3, -0.25) is 9.69 Å². The van der Waals surface area contributed by atoms with Crippen LogP contribution >= 0.6 is 0 Å². The number of anilines is 1. The van der Waals surface area contributed by atoms with Crippen molar-refractivity contribution in [1.82, 2.24) is 4.90 Å². The highest BCUT2D eigenvalue weighted by Gasteiger charge is 2.25. The smallest absolute Gasteiger partial charge is 0.227 e. The second-order valence-electron chi connectivity index (χ2n) is 6.66. The lowest BCUT2D eigenvalue weighted by Gasteiger charge is -2.31. The van der Waals surface area contributed by atoms with Crippen molar-refractivity contribution in [2.45, 2.75) is 26.3 Å². The first-order valence-corrected chi connectivity index (χ1v) is 8.55. The van der Waals surface area contributed by atoms with Gasteiger partial charge in [0.1, 0.15) is 0 Å². The Hall–Kier alpha value is -2.27. The van der Waals surface area contributed by atoms with Gasteiger partial charge in [-0.1, -0.05) is 29.8 Å². The van der Waals surface area contributed by atoms with Gasteiger partial charge in [0.05, 0.1) is 0 Å². The first kappa shape index (κ1) is 17.5. The zero-order chi connectivity index (χ0) is 17.8. The number of amides is 1. The van der Waals surface area contributed by atoms with Crippen molar-refractivity contribution in [2.75, 3.05) is 18.4 Å². The molecule has 0 saturated carbocycles. The minimum atomic E-state index is -0.953. The molecule has 1 aliphatic heterocycles. The van der Waals surface area contributed by atoms with Crippen molar-refractivity contribution < 1.29 is 13.6 Å². The number of carbonyl (C=O) groups excluding carboxylic acids is 1. The molecule has 0 unspecified atom stereocenters. The van der Waals surface area contributed by atoms with Gasteiger partial charge in [0, 0.05) is 24.2 Å². The Morgan fingerprint density at radius 2 is 1.88 bits per heavy atom. The number of rotatable bonds is 4. The summed E-state index contributed by atoms with van der Waals surface area (Å²) in [4.78, 5) is 14.7. The molecular formula is C20H22F2N2O. The van der Waals surface area contributed by atoms with Crippen LogP contribution in [-0.4, -0.2) is 23.9 Å². The molecule has 1 N–H and O–H groups in total. The highest BCUT2D eigenvalue weighted by molar-refractivity contribution is 5.92. The molecule has 0 aromatic heterocycles. The molecule has 25 heavy (non-hydrogen) atoms. The molecule has 2 aromatic carbocycles. The molecule has 1 fully saturated rings. The van der Waals surface area contributed by atoms with Gasteiger partial charge in [0.25, 0.3) is 0 Å². The minimum Gasteiger partial charge on any atom is -0.326 e. The van der Waals surface area contributed by atoms with Crippen LogP contribution in [0.4, 0.5) is 14.5 Å². The molecule has 3 rings (SSSR count). The number of benzene rings is 2. The van der Waals surface area contributed by atoms with Gasteiger partial charge < -0.3 is 5.32 Å². The van der Waals surface area contributed by atoms with E-state index in [1.165, 1.54) is 17.2 Å². The number of halogens is 2. The normalized spacial score (nSPS) is 16.0. The summed E-state index contributed by atoms with van der Waals surface area (Å²) in [5.74, 6) is -2.09. The third-order valence-electron chi connectivity index (χ3n) is 4.63. The molecule has 2 aromatic rings. The van der Waals surface area contributed by atoms with Crippen LogP contribution in [0, 0.1) is 24.5 Å². The maximum absolute atomic E-state index is 13.2. The summed E-state index contributed by atoms with van der Waals surface area (Å²) in [6.07, 6.45) is 1.53. The number of hydrogen-bond acceptors (Lipinski definition) is 2. The molecule has 0 spiro atoms. The van der Waals surface area contributed by atoms with E-state index in [0.29, 0.717) is 5.69 Å². The van der Waals surface area contributed by atoms with Crippen LogP contribution < -0.4 is 5.32 Å². The average molecular weight is 344 g/mol. The van der Waals surface area contributed by atoms with Crippen LogP contribution in [0.1, 0.15) is 24.0 Å². The molecular weight excluding hydrogens is 322 g/mol. The van der Waals surface area contributed by atoms with E-state index in [-0.39, 0.29) is 11.8 Å². The lowest BCUT2D eigenvalue weighted by atomic mass is 9.95. The Morgan fingerprint density at radius 1 is 1.12 bits per heavy atom. The van der Waals surface area contributed by atoms with Gasteiger partial charge >= 0.3 is 0 Å². The first-order chi connectivity index (χ1) is 12.0. The summed E-state index contributed by atoms with van der Waals surface area (Å²) in [6.45, 7) is 4.67. The van der Waals surface area contributed by atoms with Crippen LogP contribution in [0.3, 0.4) is 0 Å². The van der Waals surface area contributed by atoms with Gasteiger partial charge in [-0.15, -0.1) is 0 Å². The van der Waals surface area contributed by atoms with Gasteiger partial charge in [0.2, 0.25) is 5.91 Å². The fraction of sp³-hybridized carbons (Fsp3) is 0.350. The molecule has 0 radical (unpaired) electrons. The van der Waals surface area contributed by atoms with Crippen molar-refractivity contribution >= 4 is 11.6 Å². The number of hydrogen-bond donors (Lipinski definition) is 1. The highest BCUT2D eigenvalue weighted by Crippen LogP contribution is 2.22. The Bertz CT molecular complexity index is 755. The predicted molar refractivity (Wildman–Crippen MR) is 94.2 cm³/mol. The van der Waals surface area contributed by atoms with Crippen molar-refractivity contribution in [1.29, 1.82) is 0 Å². The summed E-state index contributed by atoms with van der Waals surface area (Å²) in [7, 11) is 0. The lowest BCUT2D eigenvalue weighted by molar-refractivity contribution is -0.121. The fourth-order valence-corrected chi connectivity index (χ4v) is 3.24. The van der Waals surface area contributed by atoms with E-state index in [2.05, 4.69) is 41.4 Å². The Morgan fingerprint density at radius 3 is 2.56 bits per heavy atom. The molecule has 1 heterocycles. The largest absolute Gasteiger partial charge is 0.326 e. The monoisotopic (exact) mass is 344 g/mol. The maximum Gasteiger partial charge on any atom is 0.227 e. The first-order valence-electron chi connectivity index (χ1n) is 8.55. The van der Waals surface area contributed by atoms with Crippen LogP contribution in [-0.2, 0) is 11.3 Å². The van der Waals surface area contributed by atoms with Crippen molar-refractivity contribution in [2.24, 2.45) is 5.92 Å². The average Bonchev–Trinajstić information content (AvgIpc) is 2.59. The Balaban J connectivity index is 1.51. The summed E-state index contributed by atoms with van der Waals surface area (Å²) in [5.41, 5.74) is 2.83. The van der Waals surface area contributed by atoms with E-state index in [1.807, 2.05) is 0 Å². The molecule has 5 heteroatoms. The molecule has 1 aliphatic rings. The predicted octanol–water partition coefficient (Wildman–Crippen LogP) is 4.12. The third-order valence-corrected chi connectivity index (χ3v) is 4.63. The van der Waals surface area contributed by atoms with E-state index < -0.39 is 11.6 Å². The second-order valence-corrected chi connectivity index (χ2v) is 6.66. The third kappa shape index (κ3) is 4.63. The van der Waals surface area contributed by atoms with Crippen LogP contribution in [0.25, 0.3) is 0 Å². The Labute approximate surface area is 146 Å². The van der Waals surface area contributed by atoms with Gasteiger partial charge in [0.15, 0.2) is 11.6 Å². The Kier molecular flexibility index (Phi) is 5.43. The van der Waals surface area contributed by atoms with Gasteiger partial charge in [-0.2, -0.15) is 0 Å². The van der Waals surface area contributed by atoms with Crippen LogP contribution in [0.15, 0.2) is 42.5 Å². The zero-order valence-corrected chi connectivity index (χ0v) is 14.3. The molecule has 3 nitrogen and oxygen atoms in total. The number of nitrogens with one attached hydrogen (secondary N) is 1. The van der Waals surface area contributed by atoms with E-state index in [9.17, 15) is 13.6 Å². The SMILES string of the molecule is Cc1cccc(CN2CCC(C(=O)Nc3ccc(F)c(F)c3)CC2)c1. The van der Waals surface area contributed by atoms with E-state index >= 15 is 0 Å². The van der Waals surface area contributed by atoms with Crippen LogP contribution in [0.5, 0.6) is 0 Å². The quantitative estimate of drug-likeness (QED) is 0.905. The molecule has 1 amide bonds. The zero-order valence-electron chi connectivity index (χ0n) is 14.3. The van der Waals surface area contributed by atoms with E-state index in [0.717, 1.165) is 44.6 Å². The number of likely N-dealkylation sites (tertiary alicyclic amines) is 1. The number of carbonyl (C=O) groups is 1. The molecule has 0 atom stereocenters. The minimum absolute atomic E-state index is 0.0955.